The first-order chi connectivity index (χ1) is 8.31. The highest BCUT2D eigenvalue weighted by Gasteiger charge is 2.27. The van der Waals surface area contributed by atoms with E-state index in [4.69, 9.17) is 11.6 Å². The van der Waals surface area contributed by atoms with Crippen LogP contribution in [0.25, 0.3) is 0 Å². The molecule has 2 atom stereocenters. The van der Waals surface area contributed by atoms with Crippen molar-refractivity contribution in [3.05, 3.63) is 21.3 Å². The molecule has 0 bridgehead atoms. The normalized spacial score (nSPS) is 25.1. The SMILES string of the molecule is CCCNCC1CCCCC1c1ccc(Cl)s1. The standard InChI is InChI=1S/C14H22ClNS/c1-2-9-16-10-11-5-3-4-6-12(11)13-7-8-14(15)17-13/h7-8,11-12,16H,2-6,9-10H2,1H3. The number of thiophene rings is 1. The molecule has 0 aliphatic heterocycles. The maximum absolute atomic E-state index is 6.06. The van der Waals surface area contributed by atoms with Gasteiger partial charge in [0.2, 0.25) is 0 Å². The van der Waals surface area contributed by atoms with Crippen LogP contribution in [0.4, 0.5) is 0 Å². The van der Waals surface area contributed by atoms with Gasteiger partial charge in [-0.15, -0.1) is 11.3 Å². The van der Waals surface area contributed by atoms with Crippen molar-refractivity contribution < 1.29 is 0 Å². The molecule has 1 aliphatic carbocycles. The van der Waals surface area contributed by atoms with E-state index in [-0.39, 0.29) is 0 Å². The van der Waals surface area contributed by atoms with Gasteiger partial charge in [-0.05, 0) is 56.3 Å². The van der Waals surface area contributed by atoms with Gasteiger partial charge in [-0.3, -0.25) is 0 Å². The van der Waals surface area contributed by atoms with Gasteiger partial charge in [0.05, 0.1) is 4.34 Å². The summed E-state index contributed by atoms with van der Waals surface area (Å²) < 4.78 is 0.936. The molecule has 17 heavy (non-hydrogen) atoms. The van der Waals surface area contributed by atoms with Gasteiger partial charge >= 0.3 is 0 Å². The van der Waals surface area contributed by atoms with E-state index in [0.29, 0.717) is 0 Å². The van der Waals surface area contributed by atoms with Gasteiger partial charge in [-0.2, -0.15) is 0 Å². The largest absolute Gasteiger partial charge is 0.316 e. The average Bonchev–Trinajstić information content (AvgIpc) is 2.77. The van der Waals surface area contributed by atoms with Gasteiger partial charge in [-0.1, -0.05) is 31.4 Å². The second-order valence-corrected chi connectivity index (χ2v) is 6.74. The highest BCUT2D eigenvalue weighted by Crippen LogP contribution is 2.41. The molecule has 1 heterocycles. The first-order valence-electron chi connectivity index (χ1n) is 6.77. The van der Waals surface area contributed by atoms with E-state index in [9.17, 15) is 0 Å². The summed E-state index contributed by atoms with van der Waals surface area (Å²) in [6.07, 6.45) is 6.72. The van der Waals surface area contributed by atoms with Crippen molar-refractivity contribution in [2.24, 2.45) is 5.92 Å². The van der Waals surface area contributed by atoms with Crippen LogP contribution in [0.5, 0.6) is 0 Å². The van der Waals surface area contributed by atoms with Gasteiger partial charge in [-0.25, -0.2) is 0 Å². The Balaban J connectivity index is 1.96. The Morgan fingerprint density at radius 1 is 1.35 bits per heavy atom. The number of halogens is 1. The molecule has 2 rings (SSSR count). The number of hydrogen-bond acceptors (Lipinski definition) is 2. The predicted octanol–water partition coefficient (Wildman–Crippen LogP) is 4.67. The van der Waals surface area contributed by atoms with Crippen molar-refractivity contribution >= 4 is 22.9 Å². The van der Waals surface area contributed by atoms with Gasteiger partial charge < -0.3 is 5.32 Å². The summed E-state index contributed by atoms with van der Waals surface area (Å²) in [7, 11) is 0. The fourth-order valence-corrected chi connectivity index (χ4v) is 4.11. The Bertz CT molecular complexity index is 337. The summed E-state index contributed by atoms with van der Waals surface area (Å²) >= 11 is 7.83. The molecule has 2 unspecified atom stereocenters. The van der Waals surface area contributed by atoms with Crippen LogP contribution in [0.3, 0.4) is 0 Å². The summed E-state index contributed by atoms with van der Waals surface area (Å²) in [5, 5.41) is 3.58. The molecule has 0 spiro atoms. The van der Waals surface area contributed by atoms with Crippen LogP contribution < -0.4 is 5.32 Å². The minimum Gasteiger partial charge on any atom is -0.316 e. The highest BCUT2D eigenvalue weighted by molar-refractivity contribution is 7.16. The highest BCUT2D eigenvalue weighted by atomic mass is 35.5. The molecule has 0 saturated heterocycles. The third-order valence-corrected chi connectivity index (χ3v) is 5.06. The van der Waals surface area contributed by atoms with E-state index < -0.39 is 0 Å². The summed E-state index contributed by atoms with van der Waals surface area (Å²) in [5.74, 6) is 1.55. The zero-order valence-electron chi connectivity index (χ0n) is 10.5. The molecule has 0 radical (unpaired) electrons. The number of nitrogens with one attached hydrogen (secondary N) is 1. The molecular formula is C14H22ClNS. The lowest BCUT2D eigenvalue weighted by Gasteiger charge is -2.31. The van der Waals surface area contributed by atoms with Crippen molar-refractivity contribution in [2.75, 3.05) is 13.1 Å². The van der Waals surface area contributed by atoms with E-state index in [1.807, 2.05) is 6.07 Å². The van der Waals surface area contributed by atoms with Crippen LogP contribution >= 0.6 is 22.9 Å². The monoisotopic (exact) mass is 271 g/mol. The maximum Gasteiger partial charge on any atom is 0.0931 e. The molecule has 0 amide bonds. The number of rotatable bonds is 5. The quantitative estimate of drug-likeness (QED) is 0.767. The molecule has 0 aromatic carbocycles. The first-order valence-corrected chi connectivity index (χ1v) is 7.96. The van der Waals surface area contributed by atoms with E-state index in [1.165, 1.54) is 43.5 Å². The van der Waals surface area contributed by atoms with Crippen LogP contribution in [0.1, 0.15) is 49.8 Å². The van der Waals surface area contributed by atoms with Crippen molar-refractivity contribution in [3.63, 3.8) is 0 Å². The minimum atomic E-state index is 0.741. The summed E-state index contributed by atoms with van der Waals surface area (Å²) in [4.78, 5) is 1.50. The zero-order chi connectivity index (χ0) is 12.1. The maximum atomic E-state index is 6.06. The third-order valence-electron chi connectivity index (χ3n) is 3.70. The van der Waals surface area contributed by atoms with Crippen molar-refractivity contribution in [1.29, 1.82) is 0 Å². The molecule has 1 aromatic heterocycles. The zero-order valence-corrected chi connectivity index (χ0v) is 12.1. The molecule has 1 nitrogen and oxygen atoms in total. The average molecular weight is 272 g/mol. The second kappa shape index (κ2) is 6.77. The first kappa shape index (κ1) is 13.4. The predicted molar refractivity (Wildman–Crippen MR) is 77.2 cm³/mol. The second-order valence-electron chi connectivity index (χ2n) is 5.00. The van der Waals surface area contributed by atoms with Crippen molar-refractivity contribution in [3.8, 4) is 0 Å². The van der Waals surface area contributed by atoms with E-state index in [0.717, 1.165) is 22.7 Å². The smallest absolute Gasteiger partial charge is 0.0931 e. The molecule has 3 heteroatoms. The molecule has 1 fully saturated rings. The lowest BCUT2D eigenvalue weighted by atomic mass is 9.78. The van der Waals surface area contributed by atoms with Crippen LogP contribution in [0, 0.1) is 5.92 Å². The van der Waals surface area contributed by atoms with Gasteiger partial charge in [0.25, 0.3) is 0 Å². The Morgan fingerprint density at radius 3 is 2.88 bits per heavy atom. The minimum absolute atomic E-state index is 0.741. The number of hydrogen-bond donors (Lipinski definition) is 1. The topological polar surface area (TPSA) is 12.0 Å². The van der Waals surface area contributed by atoms with Crippen LogP contribution in [-0.2, 0) is 0 Å². The molecular weight excluding hydrogens is 250 g/mol. The van der Waals surface area contributed by atoms with Crippen LogP contribution in [0.15, 0.2) is 12.1 Å². The van der Waals surface area contributed by atoms with E-state index in [1.54, 1.807) is 11.3 Å². The third kappa shape index (κ3) is 3.70. The Hall–Kier alpha value is -0.0500. The van der Waals surface area contributed by atoms with Crippen molar-refractivity contribution in [1.82, 2.24) is 5.32 Å². The van der Waals surface area contributed by atoms with Crippen molar-refractivity contribution in [2.45, 2.75) is 44.9 Å². The summed E-state index contributed by atoms with van der Waals surface area (Å²) in [6, 6.07) is 4.28. The molecule has 96 valence electrons. The molecule has 1 N–H and O–H groups in total. The van der Waals surface area contributed by atoms with Gasteiger partial charge in [0, 0.05) is 4.88 Å². The van der Waals surface area contributed by atoms with Gasteiger partial charge in [0.15, 0.2) is 0 Å². The van der Waals surface area contributed by atoms with E-state index >= 15 is 0 Å². The van der Waals surface area contributed by atoms with E-state index in [2.05, 4.69) is 18.3 Å². The van der Waals surface area contributed by atoms with Crippen LogP contribution in [-0.4, -0.2) is 13.1 Å². The Kier molecular flexibility index (Phi) is 5.33. The lowest BCUT2D eigenvalue weighted by molar-refractivity contribution is 0.299. The Labute approximate surface area is 114 Å². The lowest BCUT2D eigenvalue weighted by Crippen LogP contribution is -2.29. The fraction of sp³-hybridized carbons (Fsp3) is 0.714. The molecule has 1 saturated carbocycles. The molecule has 1 aromatic rings. The van der Waals surface area contributed by atoms with Crippen LogP contribution in [0.2, 0.25) is 4.34 Å². The Morgan fingerprint density at radius 2 is 2.18 bits per heavy atom. The fourth-order valence-electron chi connectivity index (χ4n) is 2.82. The summed E-state index contributed by atoms with van der Waals surface area (Å²) in [6.45, 7) is 4.55. The van der Waals surface area contributed by atoms with Gasteiger partial charge in [0.1, 0.15) is 0 Å². The molecule has 1 aliphatic rings. The summed E-state index contributed by atoms with van der Waals surface area (Å²) in [5.41, 5.74) is 0.